The maximum absolute atomic E-state index is 12.0. The van der Waals surface area contributed by atoms with Crippen LogP contribution in [0.4, 0.5) is 5.69 Å². The summed E-state index contributed by atoms with van der Waals surface area (Å²) in [5.41, 5.74) is 6.59. The van der Waals surface area contributed by atoms with Crippen LogP contribution in [0.15, 0.2) is 18.2 Å². The number of carbonyl (C=O) groups excluding carboxylic acids is 1. The van der Waals surface area contributed by atoms with Crippen molar-refractivity contribution < 1.29 is 14.6 Å². The van der Waals surface area contributed by atoms with E-state index >= 15 is 0 Å². The molecule has 0 aliphatic carbocycles. The molecule has 1 aliphatic heterocycles. The Morgan fingerprint density at radius 2 is 2.25 bits per heavy atom. The highest BCUT2D eigenvalue weighted by molar-refractivity contribution is 5.98. The van der Waals surface area contributed by atoms with Gasteiger partial charge in [0, 0.05) is 18.8 Å². The topological polar surface area (TPSA) is 75.8 Å². The number of nitrogen functional groups attached to an aromatic ring is 1. The van der Waals surface area contributed by atoms with E-state index in [0.29, 0.717) is 30.1 Å². The van der Waals surface area contributed by atoms with Crippen LogP contribution < -0.4 is 10.5 Å². The van der Waals surface area contributed by atoms with Gasteiger partial charge in [-0.25, -0.2) is 0 Å². The third-order valence-electron chi connectivity index (χ3n) is 2.60. The highest BCUT2D eigenvalue weighted by Gasteiger charge is 2.30. The minimum atomic E-state index is -0.406. The molecule has 0 saturated carbocycles. The predicted molar refractivity (Wildman–Crippen MR) is 59.3 cm³/mol. The number of hydrogen-bond donors (Lipinski definition) is 2. The molecule has 1 amide bonds. The van der Waals surface area contributed by atoms with E-state index in [1.54, 1.807) is 23.1 Å². The number of aliphatic hydroxyl groups is 1. The number of nitrogens with zero attached hydrogens (tertiary/aromatic N) is 1. The van der Waals surface area contributed by atoms with E-state index in [4.69, 9.17) is 15.6 Å². The largest absolute Gasteiger partial charge is 0.496 e. The van der Waals surface area contributed by atoms with E-state index in [1.807, 2.05) is 0 Å². The number of β-amino-alcohol motifs (C(OH)–C–C–N with tert-alkyl or cyclic N) is 1. The Hall–Kier alpha value is -1.75. The number of ether oxygens (including phenoxy) is 1. The van der Waals surface area contributed by atoms with Gasteiger partial charge in [0.15, 0.2) is 0 Å². The third-order valence-corrected chi connectivity index (χ3v) is 2.60. The molecule has 0 bridgehead atoms. The summed E-state index contributed by atoms with van der Waals surface area (Å²) in [5, 5.41) is 9.15. The lowest BCUT2D eigenvalue weighted by molar-refractivity contribution is 0.00570. The fourth-order valence-electron chi connectivity index (χ4n) is 1.68. The molecule has 1 saturated heterocycles. The molecule has 0 aromatic heterocycles. The quantitative estimate of drug-likeness (QED) is 0.695. The second-order valence-corrected chi connectivity index (χ2v) is 3.82. The molecule has 5 nitrogen and oxygen atoms in total. The van der Waals surface area contributed by atoms with Crippen LogP contribution in [0.5, 0.6) is 5.75 Å². The lowest BCUT2D eigenvalue weighted by atomic mass is 10.1. The molecule has 1 fully saturated rings. The summed E-state index contributed by atoms with van der Waals surface area (Å²) in [6.07, 6.45) is -0.406. The van der Waals surface area contributed by atoms with Crippen LogP contribution in [0.1, 0.15) is 10.4 Å². The number of methoxy groups -OCH3 is 1. The fourth-order valence-corrected chi connectivity index (χ4v) is 1.68. The summed E-state index contributed by atoms with van der Waals surface area (Å²) in [7, 11) is 1.51. The zero-order chi connectivity index (χ0) is 11.7. The van der Waals surface area contributed by atoms with Crippen molar-refractivity contribution in [2.45, 2.75) is 6.10 Å². The minimum absolute atomic E-state index is 0.158. The van der Waals surface area contributed by atoms with Crippen LogP contribution in [-0.4, -0.2) is 42.2 Å². The Morgan fingerprint density at radius 3 is 2.81 bits per heavy atom. The Balaban J connectivity index is 2.24. The van der Waals surface area contributed by atoms with Crippen molar-refractivity contribution in [3.63, 3.8) is 0 Å². The smallest absolute Gasteiger partial charge is 0.257 e. The maximum Gasteiger partial charge on any atom is 0.257 e. The van der Waals surface area contributed by atoms with Crippen LogP contribution in [0.25, 0.3) is 0 Å². The normalized spacial score (nSPS) is 15.8. The Kier molecular flexibility index (Phi) is 2.70. The predicted octanol–water partition coefficient (Wildman–Crippen LogP) is 0.0941. The molecule has 0 atom stereocenters. The van der Waals surface area contributed by atoms with Gasteiger partial charge in [-0.2, -0.15) is 0 Å². The molecule has 0 radical (unpaired) electrons. The van der Waals surface area contributed by atoms with Crippen molar-refractivity contribution in [2.24, 2.45) is 0 Å². The molecule has 16 heavy (non-hydrogen) atoms. The molecular formula is C11H14N2O3. The lowest BCUT2D eigenvalue weighted by Crippen LogP contribution is -2.53. The summed E-state index contributed by atoms with van der Waals surface area (Å²) in [5.74, 6) is 0.343. The van der Waals surface area contributed by atoms with Gasteiger partial charge in [-0.15, -0.1) is 0 Å². The number of rotatable bonds is 2. The molecule has 2 rings (SSSR count). The van der Waals surface area contributed by atoms with E-state index in [1.165, 1.54) is 7.11 Å². The van der Waals surface area contributed by atoms with Gasteiger partial charge in [-0.05, 0) is 18.2 Å². The summed E-state index contributed by atoms with van der Waals surface area (Å²) >= 11 is 0. The number of carbonyl (C=O) groups is 1. The van der Waals surface area contributed by atoms with Crippen molar-refractivity contribution in [3.8, 4) is 5.75 Å². The van der Waals surface area contributed by atoms with Gasteiger partial charge in [0.05, 0.1) is 18.8 Å². The number of hydrogen-bond acceptors (Lipinski definition) is 4. The minimum Gasteiger partial charge on any atom is -0.496 e. The van der Waals surface area contributed by atoms with Crippen LogP contribution >= 0.6 is 0 Å². The van der Waals surface area contributed by atoms with Gasteiger partial charge in [0.1, 0.15) is 5.75 Å². The molecule has 5 heteroatoms. The van der Waals surface area contributed by atoms with Gasteiger partial charge in [0.25, 0.3) is 5.91 Å². The Bertz CT molecular complexity index is 414. The van der Waals surface area contributed by atoms with Crippen molar-refractivity contribution in [1.82, 2.24) is 4.90 Å². The third kappa shape index (κ3) is 1.81. The van der Waals surface area contributed by atoms with Gasteiger partial charge < -0.3 is 20.5 Å². The molecule has 3 N–H and O–H groups in total. The molecule has 0 unspecified atom stereocenters. The second-order valence-electron chi connectivity index (χ2n) is 3.82. The van der Waals surface area contributed by atoms with Crippen LogP contribution in [-0.2, 0) is 0 Å². The van der Waals surface area contributed by atoms with Gasteiger partial charge in [-0.1, -0.05) is 0 Å². The van der Waals surface area contributed by atoms with Crippen LogP contribution in [0.2, 0.25) is 0 Å². The second kappa shape index (κ2) is 4.02. The Labute approximate surface area is 93.4 Å². The van der Waals surface area contributed by atoms with Gasteiger partial charge in [0.2, 0.25) is 0 Å². The summed E-state index contributed by atoms with van der Waals surface area (Å²) < 4.78 is 5.10. The first-order valence-electron chi connectivity index (χ1n) is 5.02. The maximum atomic E-state index is 12.0. The highest BCUT2D eigenvalue weighted by atomic mass is 16.5. The molecule has 1 aromatic carbocycles. The van der Waals surface area contributed by atoms with Gasteiger partial charge in [-0.3, -0.25) is 4.79 Å². The molecule has 1 aliphatic rings. The van der Waals surface area contributed by atoms with E-state index in [0.717, 1.165) is 0 Å². The lowest BCUT2D eigenvalue weighted by Gasteiger charge is -2.36. The van der Waals surface area contributed by atoms with Crippen molar-refractivity contribution in [2.75, 3.05) is 25.9 Å². The molecule has 0 spiro atoms. The van der Waals surface area contributed by atoms with E-state index < -0.39 is 6.10 Å². The van der Waals surface area contributed by atoms with Gasteiger partial charge >= 0.3 is 0 Å². The number of amides is 1. The number of aliphatic hydroxyl groups excluding tert-OH is 1. The van der Waals surface area contributed by atoms with Crippen molar-refractivity contribution >= 4 is 11.6 Å². The molecule has 1 aromatic rings. The Morgan fingerprint density at radius 1 is 1.56 bits per heavy atom. The van der Waals surface area contributed by atoms with Crippen molar-refractivity contribution in [1.29, 1.82) is 0 Å². The molecular weight excluding hydrogens is 208 g/mol. The molecule has 86 valence electrons. The summed E-state index contributed by atoms with van der Waals surface area (Å²) in [6, 6.07) is 4.94. The highest BCUT2D eigenvalue weighted by Crippen LogP contribution is 2.24. The average molecular weight is 222 g/mol. The number of benzene rings is 1. The standard InChI is InChI=1S/C11H14N2O3/c1-16-10-3-2-7(12)4-9(10)11(15)13-5-8(14)6-13/h2-4,8,14H,5-6,12H2,1H3. The first-order valence-corrected chi connectivity index (χ1v) is 5.02. The van der Waals surface area contributed by atoms with E-state index in [9.17, 15) is 4.79 Å². The zero-order valence-corrected chi connectivity index (χ0v) is 9.01. The number of anilines is 1. The SMILES string of the molecule is COc1ccc(N)cc1C(=O)N1CC(O)C1. The van der Waals surface area contributed by atoms with Crippen LogP contribution in [0.3, 0.4) is 0 Å². The fraction of sp³-hybridized carbons (Fsp3) is 0.364. The average Bonchev–Trinajstić information content (AvgIpc) is 2.24. The van der Waals surface area contributed by atoms with Crippen LogP contribution in [0, 0.1) is 0 Å². The number of nitrogens with two attached hydrogens (primary N) is 1. The monoisotopic (exact) mass is 222 g/mol. The van der Waals surface area contributed by atoms with E-state index in [-0.39, 0.29) is 5.91 Å². The first-order chi connectivity index (χ1) is 7.61. The molecule has 1 heterocycles. The summed E-state index contributed by atoms with van der Waals surface area (Å²) in [4.78, 5) is 13.5. The number of likely N-dealkylation sites (tertiary alicyclic amines) is 1. The summed E-state index contributed by atoms with van der Waals surface area (Å²) in [6.45, 7) is 0.744. The van der Waals surface area contributed by atoms with Crippen molar-refractivity contribution in [3.05, 3.63) is 23.8 Å². The van der Waals surface area contributed by atoms with E-state index in [2.05, 4.69) is 0 Å². The zero-order valence-electron chi connectivity index (χ0n) is 9.01. The first kappa shape index (κ1) is 10.8.